The molecule has 0 unspecified atom stereocenters. The van der Waals surface area contributed by atoms with E-state index in [-0.39, 0.29) is 5.91 Å². The van der Waals surface area contributed by atoms with E-state index < -0.39 is 0 Å². The van der Waals surface area contributed by atoms with Crippen LogP contribution in [0.2, 0.25) is 0 Å². The van der Waals surface area contributed by atoms with Crippen LogP contribution >= 0.6 is 0 Å². The zero-order chi connectivity index (χ0) is 15.1. The molecule has 2 N–H and O–H groups in total. The molecule has 21 heavy (non-hydrogen) atoms. The van der Waals surface area contributed by atoms with Crippen LogP contribution in [-0.2, 0) is 11.3 Å². The Hall–Kier alpha value is -1.75. The van der Waals surface area contributed by atoms with Crippen LogP contribution in [0.15, 0.2) is 18.2 Å². The molecule has 0 radical (unpaired) electrons. The van der Waals surface area contributed by atoms with Gasteiger partial charge >= 0.3 is 0 Å². The first-order chi connectivity index (χ1) is 10.1. The van der Waals surface area contributed by atoms with Gasteiger partial charge in [0, 0.05) is 26.1 Å². The molecule has 0 atom stereocenters. The molecule has 1 aromatic rings. The van der Waals surface area contributed by atoms with Crippen molar-refractivity contribution in [3.8, 4) is 11.5 Å². The minimum Gasteiger partial charge on any atom is -0.486 e. The largest absolute Gasteiger partial charge is 0.486 e. The first kappa shape index (κ1) is 15.6. The Kier molecular flexibility index (Phi) is 5.87. The van der Waals surface area contributed by atoms with Gasteiger partial charge in [0.1, 0.15) is 13.2 Å². The van der Waals surface area contributed by atoms with Gasteiger partial charge in [-0.1, -0.05) is 19.9 Å². The topological polar surface area (TPSA) is 59.6 Å². The van der Waals surface area contributed by atoms with Crippen LogP contribution in [0.25, 0.3) is 0 Å². The quantitative estimate of drug-likeness (QED) is 0.751. The van der Waals surface area contributed by atoms with Gasteiger partial charge in [0.25, 0.3) is 0 Å². The molecule has 0 bridgehead atoms. The number of carbonyl (C=O) groups excluding carboxylic acids is 1. The summed E-state index contributed by atoms with van der Waals surface area (Å²) in [5.74, 6) is 2.19. The number of benzene rings is 1. The molecule has 1 aliphatic rings. The van der Waals surface area contributed by atoms with Crippen LogP contribution in [0.3, 0.4) is 0 Å². The highest BCUT2D eigenvalue weighted by atomic mass is 16.6. The van der Waals surface area contributed by atoms with Gasteiger partial charge < -0.3 is 20.1 Å². The fourth-order valence-corrected chi connectivity index (χ4v) is 2.04. The maximum Gasteiger partial charge on any atom is 0.221 e. The van der Waals surface area contributed by atoms with Crippen LogP contribution in [0, 0.1) is 5.92 Å². The van der Waals surface area contributed by atoms with Gasteiger partial charge in [0.15, 0.2) is 11.5 Å². The number of hydrogen-bond donors (Lipinski definition) is 2. The summed E-state index contributed by atoms with van der Waals surface area (Å²) in [5, 5.41) is 6.18. The fourth-order valence-electron chi connectivity index (χ4n) is 2.04. The number of hydrogen-bond acceptors (Lipinski definition) is 4. The van der Waals surface area contributed by atoms with E-state index >= 15 is 0 Å². The van der Waals surface area contributed by atoms with E-state index in [1.165, 1.54) is 0 Å². The molecule has 0 spiro atoms. The van der Waals surface area contributed by atoms with Crippen molar-refractivity contribution in [1.29, 1.82) is 0 Å². The molecule has 0 fully saturated rings. The summed E-state index contributed by atoms with van der Waals surface area (Å²) >= 11 is 0. The molecule has 116 valence electrons. The summed E-state index contributed by atoms with van der Waals surface area (Å²) in [7, 11) is 0. The molecular weight excluding hydrogens is 268 g/mol. The first-order valence-electron chi connectivity index (χ1n) is 7.51. The van der Waals surface area contributed by atoms with Crippen molar-refractivity contribution >= 4 is 5.91 Å². The van der Waals surface area contributed by atoms with E-state index in [4.69, 9.17) is 9.47 Å². The van der Waals surface area contributed by atoms with Gasteiger partial charge in [-0.05, 0) is 23.6 Å². The van der Waals surface area contributed by atoms with E-state index in [0.29, 0.717) is 38.6 Å². The second-order valence-corrected chi connectivity index (χ2v) is 5.60. The SMILES string of the molecule is CC(C)CNC(=O)CCNCc1ccc2c(c1)OCCO2. The highest BCUT2D eigenvalue weighted by Crippen LogP contribution is 2.30. The molecule has 1 aliphatic heterocycles. The third kappa shape index (κ3) is 5.27. The standard InChI is InChI=1S/C16H24N2O3/c1-12(2)10-18-16(19)5-6-17-11-13-3-4-14-15(9-13)21-8-7-20-14/h3-4,9,12,17H,5-8,10-11H2,1-2H3,(H,18,19). The summed E-state index contributed by atoms with van der Waals surface area (Å²) < 4.78 is 11.0. The van der Waals surface area contributed by atoms with Crippen LogP contribution in [0.1, 0.15) is 25.8 Å². The average Bonchev–Trinajstić information content (AvgIpc) is 2.49. The van der Waals surface area contributed by atoms with Gasteiger partial charge in [0.05, 0.1) is 0 Å². The van der Waals surface area contributed by atoms with Crippen molar-refractivity contribution in [2.75, 3.05) is 26.3 Å². The molecule has 0 aromatic heterocycles. The normalized spacial score (nSPS) is 13.3. The second-order valence-electron chi connectivity index (χ2n) is 5.60. The van der Waals surface area contributed by atoms with Crippen LogP contribution in [0.4, 0.5) is 0 Å². The van der Waals surface area contributed by atoms with Crippen molar-refractivity contribution in [3.63, 3.8) is 0 Å². The van der Waals surface area contributed by atoms with Crippen LogP contribution < -0.4 is 20.1 Å². The molecule has 0 aliphatic carbocycles. The molecule has 0 saturated heterocycles. The van der Waals surface area contributed by atoms with Gasteiger partial charge in [-0.15, -0.1) is 0 Å². The Morgan fingerprint density at radius 3 is 2.76 bits per heavy atom. The number of rotatable bonds is 7. The zero-order valence-corrected chi connectivity index (χ0v) is 12.8. The molecule has 1 aromatic carbocycles. The minimum atomic E-state index is 0.0957. The Balaban J connectivity index is 1.68. The van der Waals surface area contributed by atoms with E-state index in [9.17, 15) is 4.79 Å². The van der Waals surface area contributed by atoms with Crippen molar-refractivity contribution in [3.05, 3.63) is 23.8 Å². The maximum atomic E-state index is 11.6. The highest BCUT2D eigenvalue weighted by molar-refractivity contribution is 5.76. The predicted octanol–water partition coefficient (Wildman–Crippen LogP) is 1.71. The van der Waals surface area contributed by atoms with Crippen LogP contribution in [0.5, 0.6) is 11.5 Å². The second kappa shape index (κ2) is 7.88. The minimum absolute atomic E-state index is 0.0957. The summed E-state index contributed by atoms with van der Waals surface area (Å²) in [6.07, 6.45) is 0.497. The van der Waals surface area contributed by atoms with Crippen molar-refractivity contribution in [1.82, 2.24) is 10.6 Å². The van der Waals surface area contributed by atoms with Crippen molar-refractivity contribution in [2.45, 2.75) is 26.8 Å². The highest BCUT2D eigenvalue weighted by Gasteiger charge is 2.11. The Bertz CT molecular complexity index is 475. The Labute approximate surface area is 126 Å². The van der Waals surface area contributed by atoms with Crippen molar-refractivity contribution in [2.24, 2.45) is 5.92 Å². The van der Waals surface area contributed by atoms with E-state index in [2.05, 4.69) is 24.5 Å². The lowest BCUT2D eigenvalue weighted by molar-refractivity contribution is -0.121. The Morgan fingerprint density at radius 1 is 1.24 bits per heavy atom. The van der Waals surface area contributed by atoms with Crippen LogP contribution in [-0.4, -0.2) is 32.2 Å². The van der Waals surface area contributed by atoms with E-state index in [1.807, 2.05) is 18.2 Å². The lowest BCUT2D eigenvalue weighted by Crippen LogP contribution is -2.30. The molecule has 0 saturated carbocycles. The number of ether oxygens (including phenoxy) is 2. The van der Waals surface area contributed by atoms with E-state index in [1.54, 1.807) is 0 Å². The number of carbonyl (C=O) groups is 1. The molecule has 1 amide bonds. The fraction of sp³-hybridized carbons (Fsp3) is 0.562. The lowest BCUT2D eigenvalue weighted by Gasteiger charge is -2.19. The smallest absolute Gasteiger partial charge is 0.221 e. The van der Waals surface area contributed by atoms with Gasteiger partial charge in [-0.25, -0.2) is 0 Å². The third-order valence-electron chi connectivity index (χ3n) is 3.17. The summed E-state index contributed by atoms with van der Waals surface area (Å²) in [6, 6.07) is 5.93. The monoisotopic (exact) mass is 292 g/mol. The molecule has 2 rings (SSSR count). The summed E-state index contributed by atoms with van der Waals surface area (Å²) in [6.45, 7) is 7.49. The molecule has 5 heteroatoms. The molecular formula is C16H24N2O3. The molecule has 5 nitrogen and oxygen atoms in total. The summed E-state index contributed by atoms with van der Waals surface area (Å²) in [4.78, 5) is 11.6. The average molecular weight is 292 g/mol. The summed E-state index contributed by atoms with van der Waals surface area (Å²) in [5.41, 5.74) is 1.13. The van der Waals surface area contributed by atoms with Gasteiger partial charge in [-0.2, -0.15) is 0 Å². The van der Waals surface area contributed by atoms with Gasteiger partial charge in [0.2, 0.25) is 5.91 Å². The van der Waals surface area contributed by atoms with E-state index in [0.717, 1.165) is 23.6 Å². The van der Waals surface area contributed by atoms with Crippen molar-refractivity contribution < 1.29 is 14.3 Å². The maximum absolute atomic E-state index is 11.6. The first-order valence-corrected chi connectivity index (χ1v) is 7.51. The van der Waals surface area contributed by atoms with Gasteiger partial charge in [-0.3, -0.25) is 4.79 Å². The Morgan fingerprint density at radius 2 is 2.00 bits per heavy atom. The number of amides is 1. The third-order valence-corrected chi connectivity index (χ3v) is 3.17. The number of nitrogens with one attached hydrogen (secondary N) is 2. The number of fused-ring (bicyclic) bond motifs is 1. The molecule has 1 heterocycles. The lowest BCUT2D eigenvalue weighted by atomic mass is 10.2. The zero-order valence-electron chi connectivity index (χ0n) is 12.8. The predicted molar refractivity (Wildman–Crippen MR) is 81.6 cm³/mol.